The average molecular weight is 2520 g/mol. The summed E-state index contributed by atoms with van der Waals surface area (Å²) in [6, 6.07) is 137. The molecule has 0 amide bonds. The maximum Gasteiger partial charge on any atom is 0.123 e. The van der Waals surface area contributed by atoms with E-state index in [9.17, 15) is 13.2 Å². The van der Waals surface area contributed by atoms with Crippen LogP contribution >= 0.6 is 0 Å². The standard InChI is InChI=1S/C20H17FN.C19H15FN.C18H13FN.C17H12N.4C12H10N.4Ir/c1-14(2)18-12-20(16-6-4-3-5-7-16)22-13-19(18)15-8-10-17(21)11-9-15;1-2-14-12-19(16-6-4-3-5-7-16)21-13-18(14)15-8-10-17(20)11-9-15;1-13-11-18(15-5-3-2-4-6-15)20-12-17(13)14-7-9-16(19)10-8-14;1-3-7-14(8-4-1)16-11-12-17(18-13-16)15-9-5-2-6-10-15;4*1-10-7-8-12(13-9-10)11-5-3-2-4-6-11;;;;/h3-6,8-14H,1-2H3;3-6,8-13H,2H2,1H3;2-5,7-12H,1H3;1-9,11-13H;4*2-5,7-9H,1H3;;;;/q8*-1;;;;/i1D3,14D;;;;4*1D3;;;;. The summed E-state index contributed by atoms with van der Waals surface area (Å²) < 4.78 is 158. The number of hydrogen-bond acceptors (Lipinski definition) is 8. The molecule has 8 aromatic heterocycles. The Morgan fingerprint density at radius 3 is 0.803 bits per heavy atom. The average Bonchev–Trinajstić information content (AvgIpc) is 0.757. The second-order valence-corrected chi connectivity index (χ2v) is 29.5. The first-order chi connectivity index (χ1) is 71.4. The van der Waals surface area contributed by atoms with Crippen molar-refractivity contribution in [3.8, 4) is 135 Å². The molecule has 0 N–H and O–H groups in total. The van der Waals surface area contributed by atoms with E-state index < -0.39 is 40.2 Å². The molecule has 0 saturated carbocycles. The zero-order valence-electron chi connectivity index (χ0n) is 90.2. The van der Waals surface area contributed by atoms with E-state index in [2.05, 4.69) is 120 Å². The molecule has 0 aliphatic heterocycles. The van der Waals surface area contributed by atoms with Crippen LogP contribution in [-0.2, 0) is 86.8 Å². The molecule has 0 fully saturated rings. The Bertz CT molecular complexity index is 7120. The number of pyridine rings is 8. The van der Waals surface area contributed by atoms with Gasteiger partial charge in [-0.1, -0.05) is 166 Å². The smallest absolute Gasteiger partial charge is 0.123 e. The van der Waals surface area contributed by atoms with Gasteiger partial charge in [-0.2, -0.15) is 0 Å². The van der Waals surface area contributed by atoms with Crippen LogP contribution in [0, 0.1) is 100 Å². The fourth-order valence-corrected chi connectivity index (χ4v) is 13.2. The van der Waals surface area contributed by atoms with Crippen LogP contribution in [0.5, 0.6) is 0 Å². The van der Waals surface area contributed by atoms with E-state index in [0.717, 1.165) is 119 Å². The van der Waals surface area contributed by atoms with Gasteiger partial charge < -0.3 is 39.9 Å². The van der Waals surface area contributed by atoms with Gasteiger partial charge >= 0.3 is 0 Å². The molecule has 1 unspecified atom stereocenters. The Balaban J connectivity index is 0.000000194. The first kappa shape index (κ1) is 84.9. The Labute approximate surface area is 881 Å². The quantitative estimate of drug-likeness (QED) is 0.0992. The first-order valence-electron chi connectivity index (χ1n) is 50.3. The molecule has 8 heterocycles. The van der Waals surface area contributed by atoms with Crippen molar-refractivity contribution in [2.24, 2.45) is 0 Å². The maximum absolute atomic E-state index is 13.3. The Kier molecular flexibility index (Phi) is 35.1. The first-order valence-corrected chi connectivity index (χ1v) is 42.3. The molecule has 690 valence electrons. The van der Waals surface area contributed by atoms with Gasteiger partial charge in [0, 0.05) is 169 Å². The molecule has 0 aliphatic rings. The predicted molar refractivity (Wildman–Crippen MR) is 537 cm³/mol. The molecule has 0 aliphatic carbocycles. The third-order valence-electron chi connectivity index (χ3n) is 20.1. The molecule has 4 radical (unpaired) electrons. The topological polar surface area (TPSA) is 103 Å². The van der Waals surface area contributed by atoms with Crippen molar-refractivity contribution in [2.45, 2.75) is 67.3 Å². The predicted octanol–water partition coefficient (Wildman–Crippen LogP) is 30.7. The number of nitrogens with zero attached hydrogens (tertiary/aromatic N) is 8. The fourth-order valence-electron chi connectivity index (χ4n) is 13.2. The zero-order valence-corrected chi connectivity index (χ0v) is 83.7. The van der Waals surface area contributed by atoms with Gasteiger partial charge in [0.2, 0.25) is 0 Å². The van der Waals surface area contributed by atoms with E-state index in [-0.39, 0.29) is 120 Å². The minimum atomic E-state index is -2.54. The second-order valence-electron chi connectivity index (χ2n) is 29.5. The Morgan fingerprint density at radius 2 is 0.526 bits per heavy atom. The number of aromatic nitrogens is 8. The normalized spacial score (nSPS) is 12.6. The number of halogens is 3. The summed E-state index contributed by atoms with van der Waals surface area (Å²) in [4.78, 5) is 34.4. The Hall–Kier alpha value is -13.8. The molecule has 137 heavy (non-hydrogen) atoms. The molecule has 1 atom stereocenters. The van der Waals surface area contributed by atoms with Crippen LogP contribution in [0.15, 0.2) is 426 Å². The summed E-state index contributed by atoms with van der Waals surface area (Å²) >= 11 is 0. The summed E-state index contributed by atoms with van der Waals surface area (Å²) in [5, 5.41) is 0. The van der Waals surface area contributed by atoms with Gasteiger partial charge in [0.1, 0.15) is 17.5 Å². The van der Waals surface area contributed by atoms with Gasteiger partial charge in [-0.25, -0.2) is 13.2 Å². The number of benzene rings is 12. The van der Waals surface area contributed by atoms with Crippen molar-refractivity contribution >= 4 is 0 Å². The van der Waals surface area contributed by atoms with Crippen LogP contribution in [0.4, 0.5) is 13.2 Å². The van der Waals surface area contributed by atoms with E-state index in [1.807, 2.05) is 220 Å². The van der Waals surface area contributed by atoms with E-state index in [0.29, 0.717) is 27.9 Å². The molecule has 12 aromatic carbocycles. The van der Waals surface area contributed by atoms with Crippen molar-refractivity contribution in [3.05, 3.63) is 531 Å². The van der Waals surface area contributed by atoms with Crippen LogP contribution in [0.25, 0.3) is 135 Å². The summed E-state index contributed by atoms with van der Waals surface area (Å²) in [6.45, 7) is -5.40. The van der Waals surface area contributed by atoms with Gasteiger partial charge in [0.05, 0.1) is 0 Å². The van der Waals surface area contributed by atoms with Crippen LogP contribution in [0.1, 0.15) is 87.5 Å². The molecular formula is C122H97F3Ir4N8-8. The van der Waals surface area contributed by atoms with Crippen molar-refractivity contribution in [1.82, 2.24) is 39.9 Å². The minimum Gasteiger partial charge on any atom is -0.304 e. The fraction of sp³-hybridized carbons (Fsp3) is 0.0820. The third-order valence-corrected chi connectivity index (χ3v) is 20.1. The van der Waals surface area contributed by atoms with Crippen LogP contribution in [0.2, 0.25) is 0 Å². The molecule has 20 rings (SSSR count). The Morgan fingerprint density at radius 1 is 0.263 bits per heavy atom. The third kappa shape index (κ3) is 33.0. The van der Waals surface area contributed by atoms with Crippen LogP contribution in [-0.4, -0.2) is 39.9 Å². The van der Waals surface area contributed by atoms with Gasteiger partial charge in [0.15, 0.2) is 0 Å². The van der Waals surface area contributed by atoms with Gasteiger partial charge in [-0.15, -0.1) is 287 Å². The number of rotatable bonds is 14. The van der Waals surface area contributed by atoms with Crippen LogP contribution in [0.3, 0.4) is 0 Å². The van der Waals surface area contributed by atoms with E-state index >= 15 is 0 Å². The second kappa shape index (κ2) is 56.5. The van der Waals surface area contributed by atoms with E-state index in [1.54, 1.807) is 121 Å². The van der Waals surface area contributed by atoms with E-state index in [4.69, 9.17) is 21.9 Å². The summed E-state index contributed by atoms with van der Waals surface area (Å²) in [7, 11) is 0. The molecule has 8 nitrogen and oxygen atoms in total. The summed E-state index contributed by atoms with van der Waals surface area (Å²) in [6.07, 6.45) is 13.6. The summed E-state index contributed by atoms with van der Waals surface area (Å²) in [5.41, 5.74) is 24.5. The summed E-state index contributed by atoms with van der Waals surface area (Å²) in [5.74, 6) is -2.69. The van der Waals surface area contributed by atoms with Crippen LogP contribution < -0.4 is 0 Å². The van der Waals surface area contributed by atoms with Crippen molar-refractivity contribution in [3.63, 3.8) is 0 Å². The van der Waals surface area contributed by atoms with Crippen molar-refractivity contribution < 1.29 is 116 Å². The van der Waals surface area contributed by atoms with Gasteiger partial charge in [0.25, 0.3) is 0 Å². The van der Waals surface area contributed by atoms with Gasteiger partial charge in [-0.05, 0) is 195 Å². The maximum atomic E-state index is 13.3. The minimum absolute atomic E-state index is 0. The van der Waals surface area contributed by atoms with E-state index in [1.165, 1.54) is 85.4 Å². The number of hydrogen-bond donors (Lipinski definition) is 0. The largest absolute Gasteiger partial charge is 0.304 e. The molecule has 0 bridgehead atoms. The van der Waals surface area contributed by atoms with Crippen molar-refractivity contribution in [2.75, 3.05) is 0 Å². The molecule has 15 heteroatoms. The zero-order chi connectivity index (χ0) is 106. The molecule has 0 spiro atoms. The van der Waals surface area contributed by atoms with Crippen molar-refractivity contribution in [1.29, 1.82) is 0 Å². The van der Waals surface area contributed by atoms with Gasteiger partial charge in [-0.3, -0.25) is 0 Å². The monoisotopic (exact) mass is 2520 g/mol. The molecule has 20 aromatic rings. The SMILES string of the molecule is CCc1cc(-c2[c-]cccc2)ncc1-c1ccc(F)cc1.Cc1cc(-c2[c-]cccc2)ncc1-c1ccc(F)cc1.[2H]C([2H])([2H])C([2H])(C)c1cc(-c2[c-]cccc2)ncc1-c1ccc(F)cc1.[2H]C([2H])([2H])c1ccc(-c2[c-]cccc2)nc1.[2H]C([2H])([2H])c1ccc(-c2[c-]cccc2)nc1.[2H]C([2H])([2H])c1ccc(-c2[c-]cccc2)nc1.[2H]C([2H])([2H])c1ccc(-c2[c-]cccc2)nc1.[Ir].[Ir].[Ir].[Ir].[c-]1ccccc1-c1ccc(-c2ccccc2)cn1. The molecular weight excluding hydrogens is 2400 g/mol. The number of aryl methyl sites for hydroxylation is 6. The molecule has 0 saturated heterocycles.